The van der Waals surface area contributed by atoms with Crippen molar-refractivity contribution in [2.75, 3.05) is 25.7 Å². The van der Waals surface area contributed by atoms with Gasteiger partial charge < -0.3 is 14.4 Å². The minimum Gasteiger partial charge on any atom is -0.497 e. The summed E-state index contributed by atoms with van der Waals surface area (Å²) in [5, 5.41) is 0. The van der Waals surface area contributed by atoms with Crippen molar-refractivity contribution >= 4 is 28.7 Å². The van der Waals surface area contributed by atoms with Gasteiger partial charge >= 0.3 is 5.97 Å². The summed E-state index contributed by atoms with van der Waals surface area (Å²) in [4.78, 5) is 19.8. The van der Waals surface area contributed by atoms with Gasteiger partial charge in [-0.2, -0.15) is 0 Å². The molecule has 1 aliphatic carbocycles. The van der Waals surface area contributed by atoms with Crippen molar-refractivity contribution in [3.63, 3.8) is 0 Å². The molecule has 0 bridgehead atoms. The van der Waals surface area contributed by atoms with Crippen molar-refractivity contribution in [3.8, 4) is 5.75 Å². The van der Waals surface area contributed by atoms with Gasteiger partial charge in [-0.05, 0) is 77.6 Å². The zero-order valence-corrected chi connectivity index (χ0v) is 23.6. The molecule has 1 heterocycles. The van der Waals surface area contributed by atoms with E-state index in [0.717, 1.165) is 59.8 Å². The van der Waals surface area contributed by atoms with Gasteiger partial charge in [0.15, 0.2) is 0 Å². The summed E-state index contributed by atoms with van der Waals surface area (Å²) >= 11 is 0. The maximum atomic E-state index is 12.1. The number of nitrogens with zero attached hydrogens (tertiary/aromatic N) is 2. The van der Waals surface area contributed by atoms with Gasteiger partial charge in [-0.3, -0.25) is 0 Å². The van der Waals surface area contributed by atoms with E-state index in [1.165, 1.54) is 23.9 Å². The monoisotopic (exact) mass is 510 g/mol. The summed E-state index contributed by atoms with van der Waals surface area (Å²) in [6, 6.07) is 18.5. The number of methoxy groups -OCH3 is 2. The Labute approximate surface area is 226 Å². The molecule has 2 aliphatic rings. The van der Waals surface area contributed by atoms with Crippen LogP contribution in [0.25, 0.3) is 0 Å². The SMILES string of the molecule is CCCN1c2ccc(OC)cc2N=C(c2ccc(C(=O)OC)cc2)c2cc3c(cc21)C(C)(C)CCC3(C)C. The Morgan fingerprint density at radius 1 is 0.895 bits per heavy atom. The van der Waals surface area contributed by atoms with E-state index in [0.29, 0.717) is 5.56 Å². The summed E-state index contributed by atoms with van der Waals surface area (Å²) in [5.41, 5.74) is 9.58. The number of anilines is 2. The van der Waals surface area contributed by atoms with Crippen LogP contribution in [0.2, 0.25) is 0 Å². The molecule has 0 atom stereocenters. The summed E-state index contributed by atoms with van der Waals surface area (Å²) in [6.07, 6.45) is 3.30. The molecule has 0 spiro atoms. The average Bonchev–Trinajstić information content (AvgIpc) is 3.04. The van der Waals surface area contributed by atoms with Crippen LogP contribution in [0, 0.1) is 0 Å². The van der Waals surface area contributed by atoms with E-state index in [-0.39, 0.29) is 16.8 Å². The van der Waals surface area contributed by atoms with E-state index in [1.807, 2.05) is 36.4 Å². The summed E-state index contributed by atoms with van der Waals surface area (Å²) < 4.78 is 10.5. The van der Waals surface area contributed by atoms with Gasteiger partial charge in [0.25, 0.3) is 0 Å². The Morgan fingerprint density at radius 2 is 1.55 bits per heavy atom. The van der Waals surface area contributed by atoms with Gasteiger partial charge in [-0.25, -0.2) is 9.79 Å². The largest absolute Gasteiger partial charge is 0.497 e. The normalized spacial score (nSPS) is 16.9. The molecule has 3 aromatic rings. The van der Waals surface area contributed by atoms with Gasteiger partial charge in [-0.15, -0.1) is 0 Å². The van der Waals surface area contributed by atoms with Crippen molar-refractivity contribution in [2.45, 2.75) is 64.7 Å². The molecule has 0 amide bonds. The number of benzene rings is 3. The number of esters is 1. The Kier molecular flexibility index (Phi) is 6.58. The second kappa shape index (κ2) is 9.61. The number of hydrogen-bond donors (Lipinski definition) is 0. The molecular weight excluding hydrogens is 472 g/mol. The van der Waals surface area contributed by atoms with E-state index in [1.54, 1.807) is 7.11 Å². The van der Waals surface area contributed by atoms with Crippen LogP contribution in [-0.4, -0.2) is 32.4 Å². The molecule has 0 saturated carbocycles. The van der Waals surface area contributed by atoms with E-state index in [9.17, 15) is 4.79 Å². The third-order valence-corrected chi connectivity index (χ3v) is 8.25. The molecule has 0 radical (unpaired) electrons. The highest BCUT2D eigenvalue weighted by molar-refractivity contribution is 6.19. The summed E-state index contributed by atoms with van der Waals surface area (Å²) in [7, 11) is 3.09. The predicted molar refractivity (Wildman–Crippen MR) is 155 cm³/mol. The van der Waals surface area contributed by atoms with E-state index in [4.69, 9.17) is 14.5 Å². The number of carbonyl (C=O) groups excluding carboxylic acids is 1. The second-order valence-corrected chi connectivity index (χ2v) is 11.7. The molecule has 0 fully saturated rings. The molecule has 0 aromatic heterocycles. The predicted octanol–water partition coefficient (Wildman–Crippen LogP) is 7.86. The number of carbonyl (C=O) groups is 1. The Hall–Kier alpha value is -3.60. The molecule has 1 aliphatic heterocycles. The van der Waals surface area contributed by atoms with Crippen LogP contribution in [0.5, 0.6) is 5.75 Å². The molecule has 38 heavy (non-hydrogen) atoms. The van der Waals surface area contributed by atoms with Crippen molar-refractivity contribution < 1.29 is 14.3 Å². The highest BCUT2D eigenvalue weighted by Crippen LogP contribution is 2.50. The van der Waals surface area contributed by atoms with Gasteiger partial charge in [0.1, 0.15) is 5.75 Å². The molecule has 5 heteroatoms. The van der Waals surface area contributed by atoms with Gasteiger partial charge in [-0.1, -0.05) is 46.8 Å². The highest BCUT2D eigenvalue weighted by atomic mass is 16.5. The van der Waals surface area contributed by atoms with Crippen LogP contribution < -0.4 is 9.64 Å². The summed E-state index contributed by atoms with van der Waals surface area (Å²) in [6.45, 7) is 12.5. The first-order chi connectivity index (χ1) is 18.1. The molecule has 0 saturated heterocycles. The Morgan fingerprint density at radius 3 is 2.16 bits per heavy atom. The maximum absolute atomic E-state index is 12.1. The number of hydrogen-bond acceptors (Lipinski definition) is 5. The van der Waals surface area contributed by atoms with E-state index >= 15 is 0 Å². The lowest BCUT2D eigenvalue weighted by molar-refractivity contribution is 0.0600. The van der Waals surface area contributed by atoms with Gasteiger partial charge in [0.2, 0.25) is 0 Å². The molecule has 0 N–H and O–H groups in total. The van der Waals surface area contributed by atoms with Crippen LogP contribution in [0.15, 0.2) is 59.6 Å². The van der Waals surface area contributed by atoms with Crippen LogP contribution in [0.4, 0.5) is 17.1 Å². The average molecular weight is 511 g/mol. The Bertz CT molecular complexity index is 1420. The van der Waals surface area contributed by atoms with Gasteiger partial charge in [0.05, 0.1) is 42.6 Å². The zero-order chi connectivity index (χ0) is 27.2. The first kappa shape index (κ1) is 26.0. The van der Waals surface area contributed by atoms with Crippen LogP contribution in [0.1, 0.15) is 86.5 Å². The second-order valence-electron chi connectivity index (χ2n) is 11.7. The van der Waals surface area contributed by atoms with Gasteiger partial charge in [0, 0.05) is 23.7 Å². The van der Waals surface area contributed by atoms with Crippen molar-refractivity contribution in [2.24, 2.45) is 4.99 Å². The number of ether oxygens (including phenoxy) is 2. The lowest BCUT2D eigenvalue weighted by atomic mass is 9.62. The fraction of sp³-hybridized carbons (Fsp3) is 0.394. The number of fused-ring (bicyclic) bond motifs is 3. The standard InChI is InChI=1S/C33H38N2O3/c1-8-17-35-28-14-13-23(37-6)18-27(28)34-30(21-9-11-22(12-10-21)31(36)38-7)24-19-25-26(20-29(24)35)33(4,5)16-15-32(25,2)3/h9-14,18-20H,8,15-17H2,1-7H3. The Balaban J connectivity index is 1.82. The molecule has 0 unspecified atom stereocenters. The van der Waals surface area contributed by atoms with Crippen LogP contribution >= 0.6 is 0 Å². The van der Waals surface area contributed by atoms with Crippen LogP contribution in [-0.2, 0) is 15.6 Å². The first-order valence-corrected chi connectivity index (χ1v) is 13.5. The van der Waals surface area contributed by atoms with E-state index in [2.05, 4.69) is 57.7 Å². The quantitative estimate of drug-likeness (QED) is 0.328. The first-order valence-electron chi connectivity index (χ1n) is 13.5. The third kappa shape index (κ3) is 4.38. The third-order valence-electron chi connectivity index (χ3n) is 8.25. The topological polar surface area (TPSA) is 51.1 Å². The highest BCUT2D eigenvalue weighted by Gasteiger charge is 2.39. The van der Waals surface area contributed by atoms with Crippen molar-refractivity contribution in [1.82, 2.24) is 0 Å². The number of rotatable bonds is 5. The smallest absolute Gasteiger partial charge is 0.337 e. The molecule has 3 aromatic carbocycles. The fourth-order valence-electron chi connectivity index (χ4n) is 5.84. The molecule has 5 rings (SSSR count). The maximum Gasteiger partial charge on any atom is 0.337 e. The van der Waals surface area contributed by atoms with Crippen LogP contribution in [0.3, 0.4) is 0 Å². The minimum atomic E-state index is -0.345. The molecule has 5 nitrogen and oxygen atoms in total. The molecule has 198 valence electrons. The van der Waals surface area contributed by atoms with E-state index < -0.39 is 0 Å². The van der Waals surface area contributed by atoms with Crippen molar-refractivity contribution in [1.29, 1.82) is 0 Å². The molecular formula is C33H38N2O3. The zero-order valence-electron chi connectivity index (χ0n) is 23.6. The lowest BCUT2D eigenvalue weighted by Crippen LogP contribution is -2.35. The fourth-order valence-corrected chi connectivity index (χ4v) is 5.84. The minimum absolute atomic E-state index is 0.0672. The lowest BCUT2D eigenvalue weighted by Gasteiger charge is -2.43. The number of aliphatic imine (C=N–C) groups is 1. The summed E-state index contributed by atoms with van der Waals surface area (Å²) in [5.74, 6) is 0.430. The van der Waals surface area contributed by atoms with Crippen molar-refractivity contribution in [3.05, 3.63) is 82.4 Å².